The van der Waals surface area contributed by atoms with Crippen LogP contribution in [0, 0.1) is 17.1 Å². The first-order valence-corrected chi connectivity index (χ1v) is 5.82. The van der Waals surface area contributed by atoms with Crippen molar-refractivity contribution < 1.29 is 9.13 Å². The molecule has 0 saturated heterocycles. The second-order valence-corrected chi connectivity index (χ2v) is 4.29. The van der Waals surface area contributed by atoms with Gasteiger partial charge in [0.1, 0.15) is 28.4 Å². The van der Waals surface area contributed by atoms with Gasteiger partial charge in [0.15, 0.2) is 5.15 Å². The molecule has 4 nitrogen and oxygen atoms in total. The van der Waals surface area contributed by atoms with Crippen LogP contribution in [-0.4, -0.2) is 9.97 Å². The molecule has 0 amide bonds. The summed E-state index contributed by atoms with van der Waals surface area (Å²) in [5.41, 5.74) is -0.0536. The first kappa shape index (κ1) is 12.7. The molecule has 0 N–H and O–H groups in total. The molecule has 0 aliphatic heterocycles. The van der Waals surface area contributed by atoms with Gasteiger partial charge >= 0.3 is 0 Å². The quantitative estimate of drug-likeness (QED) is 0.789. The first-order chi connectivity index (χ1) is 8.61. The fourth-order valence-electron chi connectivity index (χ4n) is 1.17. The van der Waals surface area contributed by atoms with Crippen LogP contribution in [0.2, 0.25) is 5.15 Å². The average molecular weight is 329 g/mol. The van der Waals surface area contributed by atoms with Gasteiger partial charge < -0.3 is 4.74 Å². The standard InChI is InChI=1S/C11H4BrClFN3O/c12-9-10(13)16-5-17-11(9)18-7-2-1-6(4-15)8(14)3-7/h1-3,5H. The summed E-state index contributed by atoms with van der Waals surface area (Å²) in [6.45, 7) is 0. The molecule has 1 aromatic carbocycles. The van der Waals surface area contributed by atoms with Crippen LogP contribution in [0.5, 0.6) is 11.6 Å². The third-order valence-electron chi connectivity index (χ3n) is 1.99. The van der Waals surface area contributed by atoms with E-state index >= 15 is 0 Å². The molecule has 0 bridgehead atoms. The molecule has 2 aromatic rings. The van der Waals surface area contributed by atoms with Crippen molar-refractivity contribution in [2.45, 2.75) is 0 Å². The van der Waals surface area contributed by atoms with Crippen LogP contribution >= 0.6 is 27.5 Å². The molecule has 0 atom stereocenters. The minimum atomic E-state index is -0.661. The number of aromatic nitrogens is 2. The van der Waals surface area contributed by atoms with E-state index in [1.54, 1.807) is 6.07 Å². The topological polar surface area (TPSA) is 58.8 Å². The van der Waals surface area contributed by atoms with Crippen LogP contribution in [0.15, 0.2) is 29.0 Å². The van der Waals surface area contributed by atoms with E-state index in [0.29, 0.717) is 4.47 Å². The molecule has 0 fully saturated rings. The highest BCUT2D eigenvalue weighted by Gasteiger charge is 2.10. The van der Waals surface area contributed by atoms with Crippen LogP contribution in [-0.2, 0) is 0 Å². The van der Waals surface area contributed by atoms with Gasteiger partial charge in [0.2, 0.25) is 5.88 Å². The average Bonchev–Trinajstić information content (AvgIpc) is 2.35. The zero-order valence-corrected chi connectivity index (χ0v) is 11.0. The molecule has 0 spiro atoms. The largest absolute Gasteiger partial charge is 0.438 e. The van der Waals surface area contributed by atoms with E-state index in [-0.39, 0.29) is 22.3 Å². The monoisotopic (exact) mass is 327 g/mol. The van der Waals surface area contributed by atoms with Gasteiger partial charge in [0, 0.05) is 6.07 Å². The molecular formula is C11H4BrClFN3O. The Hall–Kier alpha value is -1.71. The molecule has 7 heteroatoms. The fourth-order valence-corrected chi connectivity index (χ4v) is 1.58. The number of nitrogens with zero attached hydrogens (tertiary/aromatic N) is 3. The molecule has 2 rings (SSSR count). The van der Waals surface area contributed by atoms with E-state index in [9.17, 15) is 4.39 Å². The smallest absolute Gasteiger partial charge is 0.238 e. The highest BCUT2D eigenvalue weighted by molar-refractivity contribution is 9.10. The Morgan fingerprint density at radius 2 is 2.17 bits per heavy atom. The normalized spacial score (nSPS) is 9.89. The fraction of sp³-hybridized carbons (Fsp3) is 0. The van der Waals surface area contributed by atoms with Gasteiger partial charge in [-0.25, -0.2) is 14.4 Å². The summed E-state index contributed by atoms with van der Waals surface area (Å²) in [6.07, 6.45) is 1.22. The first-order valence-electron chi connectivity index (χ1n) is 4.65. The lowest BCUT2D eigenvalue weighted by molar-refractivity contribution is 0.453. The third-order valence-corrected chi connectivity index (χ3v) is 3.22. The van der Waals surface area contributed by atoms with E-state index in [2.05, 4.69) is 25.9 Å². The lowest BCUT2D eigenvalue weighted by Gasteiger charge is -2.07. The van der Waals surface area contributed by atoms with Crippen molar-refractivity contribution in [1.29, 1.82) is 5.26 Å². The van der Waals surface area contributed by atoms with Crippen molar-refractivity contribution in [3.63, 3.8) is 0 Å². The SMILES string of the molecule is N#Cc1ccc(Oc2ncnc(Cl)c2Br)cc1F. The van der Waals surface area contributed by atoms with E-state index in [4.69, 9.17) is 21.6 Å². The van der Waals surface area contributed by atoms with Crippen molar-refractivity contribution in [2.24, 2.45) is 0 Å². The summed E-state index contributed by atoms with van der Waals surface area (Å²) < 4.78 is 19.1. The van der Waals surface area contributed by atoms with Crippen LogP contribution in [0.4, 0.5) is 4.39 Å². The molecular weight excluding hydrogens is 324 g/mol. The number of hydrogen-bond acceptors (Lipinski definition) is 4. The Balaban J connectivity index is 2.32. The lowest BCUT2D eigenvalue weighted by atomic mass is 10.2. The number of hydrogen-bond donors (Lipinski definition) is 0. The number of nitriles is 1. The van der Waals surface area contributed by atoms with Crippen LogP contribution < -0.4 is 4.74 Å². The van der Waals surface area contributed by atoms with E-state index in [1.807, 2.05) is 0 Å². The van der Waals surface area contributed by atoms with Gasteiger partial charge in [-0.1, -0.05) is 11.6 Å². The summed E-state index contributed by atoms with van der Waals surface area (Å²) in [5, 5.41) is 8.79. The summed E-state index contributed by atoms with van der Waals surface area (Å²) in [5.74, 6) is -0.285. The minimum Gasteiger partial charge on any atom is -0.438 e. The van der Waals surface area contributed by atoms with Gasteiger partial charge in [-0.15, -0.1) is 0 Å². The number of ether oxygens (including phenoxy) is 1. The Morgan fingerprint density at radius 1 is 1.39 bits per heavy atom. The number of rotatable bonds is 2. The zero-order chi connectivity index (χ0) is 13.1. The molecule has 18 heavy (non-hydrogen) atoms. The second kappa shape index (κ2) is 5.29. The minimum absolute atomic E-state index is 0.0536. The van der Waals surface area contributed by atoms with Crippen LogP contribution in [0.25, 0.3) is 0 Å². The second-order valence-electron chi connectivity index (χ2n) is 3.14. The molecule has 0 saturated carbocycles. The van der Waals surface area contributed by atoms with Gasteiger partial charge in [0.05, 0.1) is 5.56 Å². The molecule has 90 valence electrons. The Labute approximate surface area is 115 Å². The molecule has 1 aromatic heterocycles. The van der Waals surface area contributed by atoms with Crippen molar-refractivity contribution in [2.75, 3.05) is 0 Å². The van der Waals surface area contributed by atoms with Gasteiger partial charge in [-0.3, -0.25) is 0 Å². The van der Waals surface area contributed by atoms with E-state index < -0.39 is 5.82 Å². The van der Waals surface area contributed by atoms with Crippen molar-refractivity contribution in [1.82, 2.24) is 9.97 Å². The maximum absolute atomic E-state index is 13.4. The predicted molar refractivity (Wildman–Crippen MR) is 65.9 cm³/mol. The zero-order valence-electron chi connectivity index (χ0n) is 8.69. The number of benzene rings is 1. The van der Waals surface area contributed by atoms with E-state index in [1.165, 1.54) is 18.5 Å². The Kier molecular flexibility index (Phi) is 3.75. The molecule has 0 radical (unpaired) electrons. The molecule has 1 heterocycles. The maximum atomic E-state index is 13.4. The maximum Gasteiger partial charge on any atom is 0.238 e. The van der Waals surface area contributed by atoms with Crippen molar-refractivity contribution in [3.05, 3.63) is 45.5 Å². The predicted octanol–water partition coefficient (Wildman–Crippen LogP) is 3.70. The summed E-state index contributed by atoms with van der Waals surface area (Å²) in [7, 11) is 0. The number of halogens is 3. The molecule has 0 unspecified atom stereocenters. The molecule has 0 aliphatic rings. The highest BCUT2D eigenvalue weighted by atomic mass is 79.9. The lowest BCUT2D eigenvalue weighted by Crippen LogP contribution is -1.93. The third kappa shape index (κ3) is 2.58. The van der Waals surface area contributed by atoms with Gasteiger partial charge in [-0.05, 0) is 28.1 Å². The van der Waals surface area contributed by atoms with Crippen molar-refractivity contribution in [3.8, 4) is 17.7 Å². The Bertz CT molecular complexity index is 645. The summed E-state index contributed by atoms with van der Waals surface area (Å²) in [4.78, 5) is 7.59. The van der Waals surface area contributed by atoms with Gasteiger partial charge in [0.25, 0.3) is 0 Å². The molecule has 0 aliphatic carbocycles. The summed E-state index contributed by atoms with van der Waals surface area (Å²) in [6, 6.07) is 5.60. The summed E-state index contributed by atoms with van der Waals surface area (Å²) >= 11 is 8.92. The van der Waals surface area contributed by atoms with Crippen LogP contribution in [0.1, 0.15) is 5.56 Å². The highest BCUT2D eigenvalue weighted by Crippen LogP contribution is 2.31. The van der Waals surface area contributed by atoms with Crippen LogP contribution in [0.3, 0.4) is 0 Å². The van der Waals surface area contributed by atoms with E-state index in [0.717, 1.165) is 6.07 Å². The van der Waals surface area contributed by atoms with Crippen molar-refractivity contribution >= 4 is 27.5 Å². The Morgan fingerprint density at radius 3 is 2.83 bits per heavy atom. The van der Waals surface area contributed by atoms with Gasteiger partial charge in [-0.2, -0.15) is 5.26 Å².